The van der Waals surface area contributed by atoms with E-state index in [-0.39, 0.29) is 42.0 Å². The number of rotatable bonds is 9. The normalized spacial score (nSPS) is 24.6. The van der Waals surface area contributed by atoms with Gasteiger partial charge in [-0.3, -0.25) is 19.2 Å². The van der Waals surface area contributed by atoms with Crippen molar-refractivity contribution < 1.29 is 23.9 Å². The van der Waals surface area contributed by atoms with E-state index in [1.54, 1.807) is 24.4 Å². The Morgan fingerprint density at radius 2 is 1.68 bits per heavy atom. The minimum atomic E-state index is -0.994. The summed E-state index contributed by atoms with van der Waals surface area (Å²) in [5, 5.41) is 8.59. The maximum Gasteiger partial charge on any atom is 0.247 e. The predicted octanol–water partition coefficient (Wildman–Crippen LogP) is 2.57. The number of hydrogen-bond acceptors (Lipinski definition) is 6. The Bertz CT molecular complexity index is 1110. The van der Waals surface area contributed by atoms with E-state index in [9.17, 15) is 19.2 Å². The molecule has 8 atom stereocenters. The molecule has 0 radical (unpaired) electrons. The Morgan fingerprint density at radius 1 is 1.02 bits per heavy atom. The maximum absolute atomic E-state index is 14.1. The zero-order valence-electron chi connectivity index (χ0n) is 25.2. The molecule has 1 fully saturated rings. The van der Waals surface area contributed by atoms with Gasteiger partial charge in [0.1, 0.15) is 30.0 Å². The molecular weight excluding hydrogens is 522 g/mol. The lowest BCUT2D eigenvalue weighted by Gasteiger charge is -2.34. The standard InChI is InChI=1S/C31H47N5O5/c1-7-18(4)24(32)28(37)35-26(20(6)9-3)31(40)36-17-15-23-27(36)30(39)34-25(19(5)8-2)29(38)33-16-14-21-10-12-22(41-23)13-11-21/h10-14,16,18-20,23-27H,7-9,15,17,32H2,1-6H3,(H,33,38)(H,34,39)(H,35,37). The van der Waals surface area contributed by atoms with Crippen LogP contribution in [-0.4, -0.2) is 65.3 Å². The van der Waals surface area contributed by atoms with Crippen molar-refractivity contribution in [2.45, 2.75) is 97.5 Å². The summed E-state index contributed by atoms with van der Waals surface area (Å²) in [4.78, 5) is 55.8. The number of carbonyl (C=O) groups excluding carboxylic acids is 4. The van der Waals surface area contributed by atoms with E-state index in [1.165, 1.54) is 4.90 Å². The molecule has 2 bridgehead atoms. The van der Waals surface area contributed by atoms with Gasteiger partial charge in [0.15, 0.2) is 0 Å². The number of nitrogens with two attached hydrogens (primary N) is 1. The van der Waals surface area contributed by atoms with Crippen molar-refractivity contribution in [3.05, 3.63) is 36.0 Å². The molecule has 0 saturated carbocycles. The fourth-order valence-corrected chi connectivity index (χ4v) is 5.15. The van der Waals surface area contributed by atoms with E-state index < -0.39 is 36.2 Å². The summed E-state index contributed by atoms with van der Waals surface area (Å²) in [7, 11) is 0. The van der Waals surface area contributed by atoms with E-state index in [2.05, 4.69) is 16.0 Å². The Labute approximate surface area is 243 Å². The van der Waals surface area contributed by atoms with Gasteiger partial charge in [-0.2, -0.15) is 0 Å². The van der Waals surface area contributed by atoms with Crippen LogP contribution in [-0.2, 0) is 19.2 Å². The van der Waals surface area contributed by atoms with Crippen LogP contribution in [0.3, 0.4) is 0 Å². The molecule has 5 N–H and O–H groups in total. The molecule has 0 aliphatic carbocycles. The summed E-state index contributed by atoms with van der Waals surface area (Å²) in [6.07, 6.45) is 5.14. The minimum absolute atomic E-state index is 0.0533. The molecule has 10 heteroatoms. The summed E-state index contributed by atoms with van der Waals surface area (Å²) in [5.41, 5.74) is 7.06. The average molecular weight is 570 g/mol. The quantitative estimate of drug-likeness (QED) is 0.360. The van der Waals surface area contributed by atoms with Gasteiger partial charge < -0.3 is 31.3 Å². The zero-order chi connectivity index (χ0) is 30.3. The van der Waals surface area contributed by atoms with Crippen LogP contribution >= 0.6 is 0 Å². The Balaban J connectivity index is 1.97. The molecule has 3 heterocycles. The molecule has 1 saturated heterocycles. The van der Waals surface area contributed by atoms with Crippen molar-refractivity contribution in [2.24, 2.45) is 23.5 Å². The van der Waals surface area contributed by atoms with Gasteiger partial charge in [-0.15, -0.1) is 0 Å². The smallest absolute Gasteiger partial charge is 0.247 e. The summed E-state index contributed by atoms with van der Waals surface area (Å²) < 4.78 is 6.28. The lowest BCUT2D eigenvalue weighted by molar-refractivity contribution is -0.145. The van der Waals surface area contributed by atoms with Gasteiger partial charge in [-0.1, -0.05) is 72.9 Å². The third kappa shape index (κ3) is 7.67. The minimum Gasteiger partial charge on any atom is -0.488 e. The first-order valence-corrected chi connectivity index (χ1v) is 14.9. The van der Waals surface area contributed by atoms with E-state index in [1.807, 2.05) is 53.7 Å². The van der Waals surface area contributed by atoms with Gasteiger partial charge in [-0.25, -0.2) is 0 Å². The Kier molecular flexibility index (Phi) is 11.3. The van der Waals surface area contributed by atoms with Crippen molar-refractivity contribution in [1.82, 2.24) is 20.9 Å². The second-order valence-electron chi connectivity index (χ2n) is 11.5. The molecule has 0 aromatic heterocycles. The number of nitrogens with one attached hydrogen (secondary N) is 3. The SMILES string of the molecule is CCC(C)C(N)C(=O)NC(C(=O)N1CCC2Oc3ccc(cc3)C=CNC(=O)C(C(C)CC)NC(=O)C21)C(C)CC. The third-order valence-electron chi connectivity index (χ3n) is 8.69. The molecule has 0 spiro atoms. The molecule has 41 heavy (non-hydrogen) atoms. The van der Waals surface area contributed by atoms with Crippen LogP contribution < -0.4 is 26.4 Å². The topological polar surface area (TPSA) is 143 Å². The summed E-state index contributed by atoms with van der Waals surface area (Å²) in [5.74, 6) is -1.39. The van der Waals surface area contributed by atoms with Crippen LogP contribution in [0.1, 0.15) is 72.8 Å². The number of likely N-dealkylation sites (tertiary alicyclic amines) is 1. The first-order valence-electron chi connectivity index (χ1n) is 14.9. The number of nitrogens with zero attached hydrogens (tertiary/aromatic N) is 1. The molecular formula is C31H47N5O5. The van der Waals surface area contributed by atoms with Crippen LogP contribution in [0.5, 0.6) is 5.75 Å². The molecule has 4 amide bonds. The highest BCUT2D eigenvalue weighted by atomic mass is 16.5. The largest absolute Gasteiger partial charge is 0.488 e. The molecule has 8 unspecified atom stereocenters. The second-order valence-corrected chi connectivity index (χ2v) is 11.5. The van der Waals surface area contributed by atoms with Crippen LogP contribution in [0.15, 0.2) is 30.5 Å². The number of carbonyl (C=O) groups is 4. The van der Waals surface area contributed by atoms with Gasteiger partial charge in [0.2, 0.25) is 23.6 Å². The Morgan fingerprint density at radius 3 is 2.29 bits per heavy atom. The highest BCUT2D eigenvalue weighted by Gasteiger charge is 2.47. The fraction of sp³-hybridized carbons (Fsp3) is 0.613. The number of hydrogen-bond donors (Lipinski definition) is 4. The highest BCUT2D eigenvalue weighted by molar-refractivity contribution is 5.96. The average Bonchev–Trinajstić information content (AvgIpc) is 3.40. The van der Waals surface area contributed by atoms with E-state index >= 15 is 0 Å². The molecule has 3 aliphatic heterocycles. The number of amides is 4. The lowest BCUT2D eigenvalue weighted by atomic mass is 9.94. The molecule has 3 aliphatic rings. The predicted molar refractivity (Wildman–Crippen MR) is 158 cm³/mol. The highest BCUT2D eigenvalue weighted by Crippen LogP contribution is 2.27. The van der Waals surface area contributed by atoms with Crippen LogP contribution in [0, 0.1) is 17.8 Å². The van der Waals surface area contributed by atoms with Crippen molar-refractivity contribution in [2.75, 3.05) is 6.54 Å². The molecule has 1 aromatic rings. The zero-order valence-corrected chi connectivity index (χ0v) is 25.2. The maximum atomic E-state index is 14.1. The molecule has 4 rings (SSSR count). The molecule has 226 valence electrons. The van der Waals surface area contributed by atoms with Crippen LogP contribution in [0.2, 0.25) is 0 Å². The number of ether oxygens (including phenoxy) is 1. The van der Waals surface area contributed by atoms with Crippen molar-refractivity contribution in [3.63, 3.8) is 0 Å². The van der Waals surface area contributed by atoms with Gasteiger partial charge in [-0.05, 0) is 41.5 Å². The second kappa shape index (κ2) is 14.5. The van der Waals surface area contributed by atoms with Crippen LogP contribution in [0.4, 0.5) is 0 Å². The van der Waals surface area contributed by atoms with Crippen molar-refractivity contribution in [1.29, 1.82) is 0 Å². The molecule has 1 aromatic carbocycles. The van der Waals surface area contributed by atoms with Gasteiger partial charge in [0.25, 0.3) is 0 Å². The van der Waals surface area contributed by atoms with Gasteiger partial charge in [0, 0.05) is 19.2 Å². The molecule has 10 nitrogen and oxygen atoms in total. The summed E-state index contributed by atoms with van der Waals surface area (Å²) >= 11 is 0. The monoisotopic (exact) mass is 569 g/mol. The van der Waals surface area contributed by atoms with E-state index in [4.69, 9.17) is 10.5 Å². The van der Waals surface area contributed by atoms with Gasteiger partial charge >= 0.3 is 0 Å². The summed E-state index contributed by atoms with van der Waals surface area (Å²) in [6.45, 7) is 11.8. The first-order chi connectivity index (χ1) is 19.5. The number of fused-ring (bicyclic) bond motifs is 7. The lowest BCUT2D eigenvalue weighted by Crippen LogP contribution is -2.61. The van der Waals surface area contributed by atoms with Crippen molar-refractivity contribution >= 4 is 29.7 Å². The third-order valence-corrected chi connectivity index (χ3v) is 8.69. The van der Waals surface area contributed by atoms with Crippen molar-refractivity contribution in [3.8, 4) is 5.75 Å². The Hall–Kier alpha value is -3.40. The number of benzene rings is 1. The first kappa shape index (κ1) is 32.1. The van der Waals surface area contributed by atoms with E-state index in [0.717, 1.165) is 12.0 Å². The van der Waals surface area contributed by atoms with Gasteiger partial charge in [0.05, 0.1) is 6.04 Å². The summed E-state index contributed by atoms with van der Waals surface area (Å²) in [6, 6.07) is 3.90. The fourth-order valence-electron chi connectivity index (χ4n) is 5.15. The van der Waals surface area contributed by atoms with E-state index in [0.29, 0.717) is 25.0 Å². The van der Waals surface area contributed by atoms with Crippen LogP contribution in [0.25, 0.3) is 6.08 Å².